The molecule has 1 aromatic carbocycles. The van der Waals surface area contributed by atoms with E-state index < -0.39 is 0 Å². The van der Waals surface area contributed by atoms with Crippen LogP contribution in [0.1, 0.15) is 25.5 Å². The standard InChI is InChI=1S/C12H17NO3.ClH/c1-12(2,6-14)11(13)8-3-4-9-10(5-8)16-7-15-9;/h3-5,11,14H,6-7,13H2,1-2H3;1H/t11-;/m1./s1. The van der Waals surface area contributed by atoms with Crippen LogP contribution in [0.15, 0.2) is 18.2 Å². The summed E-state index contributed by atoms with van der Waals surface area (Å²) in [6.07, 6.45) is 0. The zero-order valence-corrected chi connectivity index (χ0v) is 10.8. The van der Waals surface area contributed by atoms with Gasteiger partial charge in [0.25, 0.3) is 0 Å². The first-order chi connectivity index (χ1) is 7.54. The Morgan fingerprint density at radius 3 is 2.65 bits per heavy atom. The minimum atomic E-state index is -0.353. The second-order valence-electron chi connectivity index (χ2n) is 4.74. The molecule has 96 valence electrons. The van der Waals surface area contributed by atoms with Gasteiger partial charge in [0, 0.05) is 18.1 Å². The maximum atomic E-state index is 9.28. The Labute approximate surface area is 107 Å². The lowest BCUT2D eigenvalue weighted by Gasteiger charge is -2.29. The Bertz CT molecular complexity index is 395. The SMILES string of the molecule is CC(C)(CO)[C@H](N)c1ccc2c(c1)OCO2.Cl. The van der Waals surface area contributed by atoms with E-state index in [1.165, 1.54) is 0 Å². The van der Waals surface area contributed by atoms with Gasteiger partial charge in [-0.05, 0) is 17.7 Å². The van der Waals surface area contributed by atoms with Crippen LogP contribution < -0.4 is 15.2 Å². The Kier molecular flexibility index (Phi) is 4.25. The maximum absolute atomic E-state index is 9.28. The maximum Gasteiger partial charge on any atom is 0.231 e. The first-order valence-corrected chi connectivity index (χ1v) is 5.30. The number of benzene rings is 1. The lowest BCUT2D eigenvalue weighted by atomic mass is 9.82. The summed E-state index contributed by atoms with van der Waals surface area (Å²) < 4.78 is 10.5. The third-order valence-electron chi connectivity index (χ3n) is 3.01. The normalized spacial score (nSPS) is 15.3. The van der Waals surface area contributed by atoms with Gasteiger partial charge >= 0.3 is 0 Å². The smallest absolute Gasteiger partial charge is 0.231 e. The molecule has 0 saturated carbocycles. The summed E-state index contributed by atoms with van der Waals surface area (Å²) in [6.45, 7) is 4.17. The van der Waals surface area contributed by atoms with Crippen molar-refractivity contribution >= 4 is 12.4 Å². The van der Waals surface area contributed by atoms with Crippen molar-refractivity contribution in [1.29, 1.82) is 0 Å². The highest BCUT2D eigenvalue weighted by molar-refractivity contribution is 5.85. The number of ether oxygens (including phenoxy) is 2. The minimum absolute atomic E-state index is 0. The third-order valence-corrected chi connectivity index (χ3v) is 3.01. The molecule has 1 heterocycles. The average molecular weight is 260 g/mol. The third kappa shape index (κ3) is 2.65. The number of hydrogen-bond acceptors (Lipinski definition) is 4. The molecule has 4 nitrogen and oxygen atoms in total. The summed E-state index contributed by atoms with van der Waals surface area (Å²) in [5.41, 5.74) is 6.72. The number of rotatable bonds is 3. The molecule has 17 heavy (non-hydrogen) atoms. The van der Waals surface area contributed by atoms with Crippen LogP contribution in [0.25, 0.3) is 0 Å². The second kappa shape index (κ2) is 5.12. The first kappa shape index (κ1) is 14.1. The Balaban J connectivity index is 0.00000144. The molecule has 0 unspecified atom stereocenters. The van der Waals surface area contributed by atoms with Crippen LogP contribution in [0.2, 0.25) is 0 Å². The molecule has 1 aromatic rings. The monoisotopic (exact) mass is 259 g/mol. The summed E-state index contributed by atoms with van der Waals surface area (Å²) in [5, 5.41) is 9.28. The van der Waals surface area contributed by atoms with Crippen molar-refractivity contribution < 1.29 is 14.6 Å². The van der Waals surface area contributed by atoms with Crippen LogP contribution in [0.4, 0.5) is 0 Å². The summed E-state index contributed by atoms with van der Waals surface area (Å²) in [4.78, 5) is 0. The van der Waals surface area contributed by atoms with Crippen LogP contribution in [0.5, 0.6) is 11.5 Å². The molecule has 0 bridgehead atoms. The van der Waals surface area contributed by atoms with Crippen molar-refractivity contribution in [2.45, 2.75) is 19.9 Å². The molecular formula is C12H18ClNO3. The molecule has 3 N–H and O–H groups in total. The van der Waals surface area contributed by atoms with Crippen molar-refractivity contribution in [1.82, 2.24) is 0 Å². The highest BCUT2D eigenvalue weighted by Gasteiger charge is 2.28. The number of nitrogens with two attached hydrogens (primary N) is 1. The molecule has 0 aromatic heterocycles. The van der Waals surface area contributed by atoms with Crippen LogP contribution in [0.3, 0.4) is 0 Å². The van der Waals surface area contributed by atoms with E-state index in [-0.39, 0.29) is 37.3 Å². The fourth-order valence-corrected chi connectivity index (χ4v) is 1.66. The van der Waals surface area contributed by atoms with Gasteiger partial charge in [-0.25, -0.2) is 0 Å². The Hall–Kier alpha value is -0.970. The topological polar surface area (TPSA) is 64.7 Å². The van der Waals surface area contributed by atoms with Gasteiger partial charge in [0.2, 0.25) is 6.79 Å². The van der Waals surface area contributed by atoms with Crippen LogP contribution in [-0.4, -0.2) is 18.5 Å². The van der Waals surface area contributed by atoms with Crippen LogP contribution >= 0.6 is 12.4 Å². The number of aliphatic hydroxyl groups is 1. The molecule has 0 aliphatic carbocycles. The first-order valence-electron chi connectivity index (χ1n) is 5.30. The van der Waals surface area contributed by atoms with Crippen molar-refractivity contribution in [3.05, 3.63) is 23.8 Å². The van der Waals surface area contributed by atoms with E-state index >= 15 is 0 Å². The molecule has 0 amide bonds. The fourth-order valence-electron chi connectivity index (χ4n) is 1.66. The van der Waals surface area contributed by atoms with E-state index in [1.807, 2.05) is 32.0 Å². The van der Waals surface area contributed by atoms with Gasteiger partial charge in [0.1, 0.15) is 0 Å². The highest BCUT2D eigenvalue weighted by Crippen LogP contribution is 2.37. The second-order valence-corrected chi connectivity index (χ2v) is 4.74. The lowest BCUT2D eigenvalue weighted by molar-refractivity contribution is 0.132. The van der Waals surface area contributed by atoms with Gasteiger partial charge in [0.05, 0.1) is 0 Å². The Morgan fingerprint density at radius 2 is 2.00 bits per heavy atom. The van der Waals surface area contributed by atoms with E-state index in [0.29, 0.717) is 0 Å². The zero-order chi connectivity index (χ0) is 11.8. The fraction of sp³-hybridized carbons (Fsp3) is 0.500. The van der Waals surface area contributed by atoms with Crippen LogP contribution in [0, 0.1) is 5.41 Å². The summed E-state index contributed by atoms with van der Waals surface area (Å²) >= 11 is 0. The van der Waals surface area contributed by atoms with E-state index in [9.17, 15) is 5.11 Å². The predicted molar refractivity (Wildman–Crippen MR) is 67.6 cm³/mol. The van der Waals surface area contributed by atoms with Crippen molar-refractivity contribution in [2.24, 2.45) is 11.1 Å². The largest absolute Gasteiger partial charge is 0.454 e. The number of fused-ring (bicyclic) bond motifs is 1. The molecule has 2 rings (SSSR count). The van der Waals surface area contributed by atoms with Gasteiger partial charge in [-0.1, -0.05) is 19.9 Å². The molecule has 0 radical (unpaired) electrons. The molecule has 0 saturated heterocycles. The van der Waals surface area contributed by atoms with Gasteiger partial charge in [0.15, 0.2) is 11.5 Å². The van der Waals surface area contributed by atoms with Crippen molar-refractivity contribution in [2.75, 3.05) is 13.4 Å². The van der Waals surface area contributed by atoms with E-state index in [2.05, 4.69) is 0 Å². The molecule has 0 spiro atoms. The highest BCUT2D eigenvalue weighted by atomic mass is 35.5. The molecule has 0 fully saturated rings. The van der Waals surface area contributed by atoms with E-state index in [0.717, 1.165) is 17.1 Å². The summed E-state index contributed by atoms with van der Waals surface area (Å²) in [7, 11) is 0. The molecule has 5 heteroatoms. The van der Waals surface area contributed by atoms with Gasteiger partial charge in [-0.15, -0.1) is 12.4 Å². The van der Waals surface area contributed by atoms with E-state index in [1.54, 1.807) is 0 Å². The number of aliphatic hydroxyl groups excluding tert-OH is 1. The van der Waals surface area contributed by atoms with Crippen LogP contribution in [-0.2, 0) is 0 Å². The summed E-state index contributed by atoms with van der Waals surface area (Å²) in [6, 6.07) is 5.41. The minimum Gasteiger partial charge on any atom is -0.454 e. The lowest BCUT2D eigenvalue weighted by Crippen LogP contribution is -2.32. The molecular weight excluding hydrogens is 242 g/mol. The average Bonchev–Trinajstić information content (AvgIpc) is 2.74. The van der Waals surface area contributed by atoms with Gasteiger partial charge in [-0.2, -0.15) is 0 Å². The molecule has 1 aliphatic heterocycles. The van der Waals surface area contributed by atoms with Crippen molar-refractivity contribution in [3.63, 3.8) is 0 Å². The quantitative estimate of drug-likeness (QED) is 0.870. The van der Waals surface area contributed by atoms with E-state index in [4.69, 9.17) is 15.2 Å². The van der Waals surface area contributed by atoms with Gasteiger partial charge < -0.3 is 20.3 Å². The molecule has 1 atom stereocenters. The predicted octanol–water partition coefficient (Wildman–Crippen LogP) is 1.86. The zero-order valence-electron chi connectivity index (χ0n) is 9.97. The number of hydrogen-bond donors (Lipinski definition) is 2. The number of halogens is 1. The van der Waals surface area contributed by atoms with Gasteiger partial charge in [-0.3, -0.25) is 0 Å². The van der Waals surface area contributed by atoms with Crippen molar-refractivity contribution in [3.8, 4) is 11.5 Å². The Morgan fingerprint density at radius 1 is 1.35 bits per heavy atom. The summed E-state index contributed by atoms with van der Waals surface area (Å²) in [5.74, 6) is 1.47. The molecule has 1 aliphatic rings.